The molecule has 0 saturated heterocycles. The number of aliphatic imine (C=N–C) groups is 1. The Bertz CT molecular complexity index is 1030. The highest BCUT2D eigenvalue weighted by molar-refractivity contribution is 5.95. The van der Waals surface area contributed by atoms with Gasteiger partial charge in [0.1, 0.15) is 0 Å². The van der Waals surface area contributed by atoms with Gasteiger partial charge in [-0.15, -0.1) is 0 Å². The summed E-state index contributed by atoms with van der Waals surface area (Å²) in [7, 11) is 0. The van der Waals surface area contributed by atoms with Gasteiger partial charge in [-0.1, -0.05) is 94.5 Å². The van der Waals surface area contributed by atoms with Crippen LogP contribution in [0, 0.1) is 5.92 Å². The lowest BCUT2D eigenvalue weighted by molar-refractivity contribution is 0.836. The van der Waals surface area contributed by atoms with Crippen LogP contribution in [0.5, 0.6) is 0 Å². The van der Waals surface area contributed by atoms with Gasteiger partial charge < -0.3 is 4.98 Å². The van der Waals surface area contributed by atoms with Crippen molar-refractivity contribution in [3.8, 4) is 0 Å². The Morgan fingerprint density at radius 3 is 1.84 bits per heavy atom. The van der Waals surface area contributed by atoms with Crippen LogP contribution in [0.15, 0.2) is 47.5 Å². The molecule has 32 heavy (non-hydrogen) atoms. The smallest absolute Gasteiger partial charge is 0.0667 e. The zero-order chi connectivity index (χ0) is 22.0. The third-order valence-corrected chi connectivity index (χ3v) is 6.03. The number of hydrogen-bond donors (Lipinski definition) is 1. The van der Waals surface area contributed by atoms with E-state index in [2.05, 4.69) is 103 Å². The van der Waals surface area contributed by atoms with Crippen molar-refractivity contribution in [2.45, 2.75) is 94.4 Å². The minimum absolute atomic E-state index is 0. The summed E-state index contributed by atoms with van der Waals surface area (Å²) in [6.07, 6.45) is 1.05. The highest BCUT2D eigenvalue weighted by atomic mass is 14.8. The maximum absolute atomic E-state index is 4.71. The Morgan fingerprint density at radius 2 is 1.28 bits per heavy atom. The number of fused-ring (bicyclic) bond motifs is 2. The van der Waals surface area contributed by atoms with E-state index in [4.69, 9.17) is 4.99 Å². The summed E-state index contributed by atoms with van der Waals surface area (Å²) in [6, 6.07) is 15.7. The number of rotatable bonds is 4. The zero-order valence-electron chi connectivity index (χ0n) is 20.0. The Balaban J connectivity index is 0.000000301. The Morgan fingerprint density at radius 1 is 0.688 bits per heavy atom. The van der Waals surface area contributed by atoms with Crippen LogP contribution in [-0.2, 0) is 6.42 Å². The van der Waals surface area contributed by atoms with Crippen LogP contribution in [0.3, 0.4) is 0 Å². The van der Waals surface area contributed by atoms with E-state index in [1.165, 1.54) is 44.7 Å². The second kappa shape index (κ2) is 11.5. The molecule has 0 amide bonds. The lowest BCUT2D eigenvalue weighted by Crippen LogP contribution is -2.06. The molecule has 2 aromatic carbocycles. The van der Waals surface area contributed by atoms with Crippen molar-refractivity contribution >= 4 is 22.3 Å². The predicted octanol–water partition coefficient (Wildman–Crippen LogP) is 9.78. The molecule has 0 unspecified atom stereocenters. The van der Waals surface area contributed by atoms with Gasteiger partial charge in [0, 0.05) is 23.3 Å². The van der Waals surface area contributed by atoms with E-state index in [-0.39, 0.29) is 14.9 Å². The second-order valence-corrected chi connectivity index (χ2v) is 9.86. The zero-order valence-corrected chi connectivity index (χ0v) is 20.0. The quantitative estimate of drug-likeness (QED) is 0.423. The van der Waals surface area contributed by atoms with Gasteiger partial charge in [-0.3, -0.25) is 4.99 Å². The van der Waals surface area contributed by atoms with E-state index in [1.807, 2.05) is 0 Å². The molecule has 1 aliphatic heterocycles. The number of nitrogens with one attached hydrogen (secondary N) is 1. The second-order valence-electron chi connectivity index (χ2n) is 9.86. The largest absolute Gasteiger partial charge is 0.358 e. The summed E-state index contributed by atoms with van der Waals surface area (Å²) in [6.45, 7) is 17.8. The summed E-state index contributed by atoms with van der Waals surface area (Å²) in [5.74, 6) is 2.33. The number of benzene rings is 2. The van der Waals surface area contributed by atoms with E-state index in [0.29, 0.717) is 23.7 Å². The monoisotopic (exact) mass is 434 g/mol. The van der Waals surface area contributed by atoms with Crippen molar-refractivity contribution in [2.24, 2.45) is 10.9 Å². The van der Waals surface area contributed by atoms with Crippen LogP contribution in [0.1, 0.15) is 110 Å². The van der Waals surface area contributed by atoms with E-state index in [0.717, 1.165) is 6.42 Å². The molecule has 0 bridgehead atoms. The van der Waals surface area contributed by atoms with Crippen molar-refractivity contribution in [1.82, 2.24) is 4.98 Å². The lowest BCUT2D eigenvalue weighted by Gasteiger charge is -2.06. The van der Waals surface area contributed by atoms with Crippen molar-refractivity contribution in [2.75, 3.05) is 0 Å². The number of nitrogens with zero attached hydrogens (tertiary/aromatic N) is 1. The van der Waals surface area contributed by atoms with Gasteiger partial charge in [-0.05, 0) is 63.9 Å². The fourth-order valence-electron chi connectivity index (χ4n) is 3.75. The third-order valence-electron chi connectivity index (χ3n) is 6.03. The molecule has 2 heteroatoms. The molecular weight excluding hydrogens is 388 g/mol. The van der Waals surface area contributed by atoms with Gasteiger partial charge in [0.25, 0.3) is 0 Å². The minimum atomic E-state index is 0. The molecule has 3 aromatic rings. The molecule has 2 nitrogen and oxygen atoms in total. The first-order valence-electron chi connectivity index (χ1n) is 11.5. The van der Waals surface area contributed by atoms with Crippen LogP contribution in [0.2, 0.25) is 0 Å². The van der Waals surface area contributed by atoms with Crippen LogP contribution in [0.25, 0.3) is 10.9 Å². The minimum Gasteiger partial charge on any atom is -0.358 e. The molecule has 1 N–H and O–H groups in total. The molecule has 0 radical (unpaired) electrons. The molecule has 1 aliphatic rings. The van der Waals surface area contributed by atoms with Gasteiger partial charge in [0.15, 0.2) is 0 Å². The highest BCUT2D eigenvalue weighted by Gasteiger charge is 2.17. The first-order valence-corrected chi connectivity index (χ1v) is 11.5. The van der Waals surface area contributed by atoms with Crippen molar-refractivity contribution < 1.29 is 0 Å². The molecular formula is C30H46N2. The number of H-pyrrole nitrogens is 1. The molecule has 2 heterocycles. The fraction of sp³-hybridized carbons (Fsp3) is 0.500. The highest BCUT2D eigenvalue weighted by Crippen LogP contribution is 2.31. The van der Waals surface area contributed by atoms with Gasteiger partial charge in [0.05, 0.1) is 5.69 Å². The normalized spacial score (nSPS) is 12.4. The standard InChI is InChI=1S/2C14H19N.2CH4/c2*1-9(2)11-5-6-12-8-13(10(3)4)15-14(12)7-11;;/h5-7,9-10H,8H2,1-4H3;5-10,15H,1-4H3;2*1H4. The van der Waals surface area contributed by atoms with Crippen LogP contribution in [0.4, 0.5) is 5.69 Å². The van der Waals surface area contributed by atoms with E-state index < -0.39 is 0 Å². The molecule has 176 valence electrons. The van der Waals surface area contributed by atoms with Crippen molar-refractivity contribution in [1.29, 1.82) is 0 Å². The first-order chi connectivity index (χ1) is 14.2. The van der Waals surface area contributed by atoms with Gasteiger partial charge >= 0.3 is 0 Å². The number of aromatic nitrogens is 1. The molecule has 0 saturated carbocycles. The summed E-state index contributed by atoms with van der Waals surface area (Å²) in [5, 5.41) is 1.32. The Kier molecular flexibility index (Phi) is 9.95. The number of hydrogen-bond acceptors (Lipinski definition) is 1. The van der Waals surface area contributed by atoms with Crippen LogP contribution < -0.4 is 0 Å². The SMILES string of the molecule is C.C.CC(C)C1=Nc2cc(C(C)C)ccc2C1.CC(C)c1ccc2cc(C(C)C)[nH]c2c1. The molecule has 4 rings (SSSR count). The first kappa shape index (κ1) is 27.7. The maximum Gasteiger partial charge on any atom is 0.0667 e. The van der Waals surface area contributed by atoms with E-state index >= 15 is 0 Å². The maximum atomic E-state index is 4.71. The molecule has 0 aliphatic carbocycles. The molecule has 0 atom stereocenters. The summed E-state index contributed by atoms with van der Waals surface area (Å²) in [4.78, 5) is 8.20. The van der Waals surface area contributed by atoms with Crippen molar-refractivity contribution in [3.05, 3.63) is 64.8 Å². The average Bonchev–Trinajstić information content (AvgIpc) is 3.31. The summed E-state index contributed by atoms with van der Waals surface area (Å²) < 4.78 is 0. The van der Waals surface area contributed by atoms with Crippen molar-refractivity contribution in [3.63, 3.8) is 0 Å². The predicted molar refractivity (Wildman–Crippen MR) is 146 cm³/mol. The topological polar surface area (TPSA) is 28.1 Å². The van der Waals surface area contributed by atoms with Crippen LogP contribution >= 0.6 is 0 Å². The van der Waals surface area contributed by atoms with Gasteiger partial charge in [-0.25, -0.2) is 0 Å². The lowest BCUT2D eigenvalue weighted by atomic mass is 9.98. The Hall–Kier alpha value is -2.35. The third kappa shape index (κ3) is 6.34. The van der Waals surface area contributed by atoms with Gasteiger partial charge in [0.2, 0.25) is 0 Å². The summed E-state index contributed by atoms with van der Waals surface area (Å²) in [5.41, 5.74) is 9.30. The van der Waals surface area contributed by atoms with E-state index in [1.54, 1.807) is 0 Å². The average molecular weight is 435 g/mol. The number of aromatic amines is 1. The van der Waals surface area contributed by atoms with Gasteiger partial charge in [-0.2, -0.15) is 0 Å². The molecule has 0 fully saturated rings. The molecule has 1 aromatic heterocycles. The fourth-order valence-corrected chi connectivity index (χ4v) is 3.75. The Labute approximate surface area is 197 Å². The van der Waals surface area contributed by atoms with Crippen LogP contribution in [-0.4, -0.2) is 10.7 Å². The van der Waals surface area contributed by atoms with E-state index in [9.17, 15) is 0 Å². The summed E-state index contributed by atoms with van der Waals surface area (Å²) >= 11 is 0. The molecule has 0 spiro atoms.